The molecule has 12 heavy (non-hydrogen) atoms. The molecule has 1 fully saturated rings. The van der Waals surface area contributed by atoms with Crippen LogP contribution in [0.1, 0.15) is 26.2 Å². The van der Waals surface area contributed by atoms with Gasteiger partial charge in [-0.25, -0.2) is 5.84 Å². The lowest BCUT2D eigenvalue weighted by atomic mass is 10.4. The fraction of sp³-hybridized carbons (Fsp3) is 0.875. The summed E-state index contributed by atoms with van der Waals surface area (Å²) in [6.45, 7) is 5.15. The number of hydrogen-bond donors (Lipinski definition) is 2. The maximum atomic E-state index is 5.37. The van der Waals surface area contributed by atoms with E-state index in [1.165, 1.54) is 12.8 Å². The van der Waals surface area contributed by atoms with Crippen LogP contribution in [0.2, 0.25) is 0 Å². The van der Waals surface area contributed by atoms with Gasteiger partial charge in [-0.15, -0.1) is 0 Å². The highest BCUT2D eigenvalue weighted by Crippen LogP contribution is 2.06. The molecule has 0 bridgehead atoms. The molecule has 1 heterocycles. The zero-order valence-electron chi connectivity index (χ0n) is 7.71. The van der Waals surface area contributed by atoms with E-state index in [0.29, 0.717) is 0 Å². The average Bonchev–Trinajstić information content (AvgIpc) is 2.59. The molecule has 4 nitrogen and oxygen atoms in total. The second kappa shape index (κ2) is 4.98. The highest BCUT2D eigenvalue weighted by molar-refractivity contribution is 5.79. The first kappa shape index (κ1) is 9.32. The van der Waals surface area contributed by atoms with Crippen molar-refractivity contribution < 1.29 is 0 Å². The molecule has 0 saturated carbocycles. The van der Waals surface area contributed by atoms with E-state index in [4.69, 9.17) is 5.84 Å². The smallest absolute Gasteiger partial charge is 0.208 e. The summed E-state index contributed by atoms with van der Waals surface area (Å²) < 4.78 is 0. The minimum atomic E-state index is 0.856. The molecule has 1 aliphatic heterocycles. The van der Waals surface area contributed by atoms with Crippen LogP contribution in [0.15, 0.2) is 4.99 Å². The molecule has 1 saturated heterocycles. The molecule has 0 aromatic rings. The summed E-state index contributed by atoms with van der Waals surface area (Å²) in [4.78, 5) is 6.55. The van der Waals surface area contributed by atoms with Crippen molar-refractivity contribution in [2.45, 2.75) is 26.2 Å². The van der Waals surface area contributed by atoms with Crippen LogP contribution in [0, 0.1) is 0 Å². The van der Waals surface area contributed by atoms with Crippen molar-refractivity contribution in [3.63, 3.8) is 0 Å². The predicted molar refractivity (Wildman–Crippen MR) is 50.7 cm³/mol. The van der Waals surface area contributed by atoms with Gasteiger partial charge in [-0.1, -0.05) is 6.92 Å². The average molecular weight is 170 g/mol. The van der Waals surface area contributed by atoms with E-state index in [9.17, 15) is 0 Å². The molecule has 0 atom stereocenters. The van der Waals surface area contributed by atoms with Gasteiger partial charge in [-0.05, 0) is 19.3 Å². The number of rotatable bonds is 2. The number of nitrogens with one attached hydrogen (secondary N) is 1. The Kier molecular flexibility index (Phi) is 3.87. The van der Waals surface area contributed by atoms with Crippen molar-refractivity contribution in [2.24, 2.45) is 10.8 Å². The van der Waals surface area contributed by atoms with Crippen LogP contribution >= 0.6 is 0 Å². The fourth-order valence-electron chi connectivity index (χ4n) is 1.38. The van der Waals surface area contributed by atoms with Crippen LogP contribution < -0.4 is 11.3 Å². The molecule has 1 rings (SSSR count). The standard InChI is InChI=1S/C8H18N4/c1-2-5-10-8(11-9)12-6-3-4-7-12/h2-7,9H2,1H3,(H,10,11). The first-order valence-corrected chi connectivity index (χ1v) is 4.64. The number of hydrazine groups is 1. The van der Waals surface area contributed by atoms with E-state index in [1.54, 1.807) is 0 Å². The lowest BCUT2D eigenvalue weighted by Crippen LogP contribution is -2.43. The summed E-state index contributed by atoms with van der Waals surface area (Å²) in [6.07, 6.45) is 3.58. The summed E-state index contributed by atoms with van der Waals surface area (Å²) in [5, 5.41) is 0. The van der Waals surface area contributed by atoms with Gasteiger partial charge >= 0.3 is 0 Å². The summed E-state index contributed by atoms with van der Waals surface area (Å²) in [7, 11) is 0. The topological polar surface area (TPSA) is 53.6 Å². The van der Waals surface area contributed by atoms with Crippen molar-refractivity contribution in [3.05, 3.63) is 0 Å². The molecule has 1 aliphatic rings. The van der Waals surface area contributed by atoms with Crippen molar-refractivity contribution in [2.75, 3.05) is 19.6 Å². The molecule has 0 amide bonds. The number of aliphatic imine (C=N–C) groups is 1. The van der Waals surface area contributed by atoms with E-state index in [2.05, 4.69) is 22.2 Å². The van der Waals surface area contributed by atoms with Gasteiger partial charge in [-0.2, -0.15) is 0 Å². The second-order valence-corrected chi connectivity index (χ2v) is 3.04. The fourth-order valence-corrected chi connectivity index (χ4v) is 1.38. The van der Waals surface area contributed by atoms with Gasteiger partial charge in [0, 0.05) is 19.6 Å². The summed E-state index contributed by atoms with van der Waals surface area (Å²) in [6, 6.07) is 0. The summed E-state index contributed by atoms with van der Waals surface area (Å²) in [5.74, 6) is 6.23. The lowest BCUT2D eigenvalue weighted by molar-refractivity contribution is 0.494. The van der Waals surface area contributed by atoms with Gasteiger partial charge in [0.25, 0.3) is 0 Å². The van der Waals surface area contributed by atoms with E-state index in [1.807, 2.05) is 0 Å². The highest BCUT2D eigenvalue weighted by atomic mass is 15.4. The molecule has 0 unspecified atom stereocenters. The van der Waals surface area contributed by atoms with Gasteiger partial charge in [0.05, 0.1) is 0 Å². The first-order valence-electron chi connectivity index (χ1n) is 4.64. The molecule has 4 heteroatoms. The number of guanidine groups is 1. The molecule has 0 aromatic carbocycles. The minimum Gasteiger partial charge on any atom is -0.342 e. The maximum Gasteiger partial charge on any atom is 0.208 e. The van der Waals surface area contributed by atoms with Crippen molar-refractivity contribution in [1.29, 1.82) is 0 Å². The Balaban J connectivity index is 2.42. The third kappa shape index (κ3) is 2.37. The SMILES string of the molecule is CCCN=C(NN)N1CCCC1. The van der Waals surface area contributed by atoms with Gasteiger partial charge in [0.1, 0.15) is 0 Å². The van der Waals surface area contributed by atoms with Crippen molar-refractivity contribution in [3.8, 4) is 0 Å². The number of nitrogens with two attached hydrogens (primary N) is 1. The third-order valence-electron chi connectivity index (χ3n) is 2.02. The van der Waals surface area contributed by atoms with E-state index in [-0.39, 0.29) is 0 Å². The molecule has 3 N–H and O–H groups in total. The van der Waals surface area contributed by atoms with Crippen LogP contribution in [0.3, 0.4) is 0 Å². The van der Waals surface area contributed by atoms with Crippen LogP contribution in [-0.2, 0) is 0 Å². The largest absolute Gasteiger partial charge is 0.342 e. The van der Waals surface area contributed by atoms with E-state index >= 15 is 0 Å². The highest BCUT2D eigenvalue weighted by Gasteiger charge is 2.14. The van der Waals surface area contributed by atoms with Crippen LogP contribution in [0.4, 0.5) is 0 Å². The lowest BCUT2D eigenvalue weighted by Gasteiger charge is -2.18. The summed E-state index contributed by atoms with van der Waals surface area (Å²) in [5.41, 5.74) is 2.65. The van der Waals surface area contributed by atoms with Gasteiger partial charge in [0.2, 0.25) is 5.96 Å². The monoisotopic (exact) mass is 170 g/mol. The second-order valence-electron chi connectivity index (χ2n) is 3.04. The quantitative estimate of drug-likeness (QED) is 0.271. The number of hydrogen-bond acceptors (Lipinski definition) is 2. The molecule has 0 spiro atoms. The zero-order chi connectivity index (χ0) is 8.81. The molecule has 70 valence electrons. The molecule has 0 aromatic heterocycles. The summed E-state index contributed by atoms with van der Waals surface area (Å²) >= 11 is 0. The zero-order valence-corrected chi connectivity index (χ0v) is 7.71. The Morgan fingerprint density at radius 1 is 1.50 bits per heavy atom. The molecular formula is C8H18N4. The van der Waals surface area contributed by atoms with Gasteiger partial charge in [-0.3, -0.25) is 10.4 Å². The Bertz CT molecular complexity index is 149. The number of nitrogens with zero attached hydrogens (tertiary/aromatic N) is 2. The number of likely N-dealkylation sites (tertiary alicyclic amines) is 1. The van der Waals surface area contributed by atoms with Crippen LogP contribution in [-0.4, -0.2) is 30.5 Å². The van der Waals surface area contributed by atoms with E-state index in [0.717, 1.165) is 32.0 Å². The first-order chi connectivity index (χ1) is 5.88. The van der Waals surface area contributed by atoms with Crippen molar-refractivity contribution >= 4 is 5.96 Å². The molecule has 0 aliphatic carbocycles. The minimum absolute atomic E-state index is 0.856. The molecular weight excluding hydrogens is 152 g/mol. The Morgan fingerprint density at radius 2 is 2.17 bits per heavy atom. The predicted octanol–water partition coefficient (Wildman–Crippen LogP) is 0.312. The third-order valence-corrected chi connectivity index (χ3v) is 2.02. The Morgan fingerprint density at radius 3 is 2.67 bits per heavy atom. The molecule has 0 radical (unpaired) electrons. The van der Waals surface area contributed by atoms with Gasteiger partial charge in [0.15, 0.2) is 0 Å². The van der Waals surface area contributed by atoms with Crippen LogP contribution in [0.5, 0.6) is 0 Å². The van der Waals surface area contributed by atoms with E-state index < -0.39 is 0 Å². The maximum absolute atomic E-state index is 5.37. The van der Waals surface area contributed by atoms with Crippen molar-refractivity contribution in [1.82, 2.24) is 10.3 Å². The van der Waals surface area contributed by atoms with Crippen LogP contribution in [0.25, 0.3) is 0 Å². The Labute approximate surface area is 73.8 Å². The van der Waals surface area contributed by atoms with Gasteiger partial charge < -0.3 is 4.90 Å². The Hall–Kier alpha value is -0.770. The normalized spacial score (nSPS) is 18.5.